The van der Waals surface area contributed by atoms with Gasteiger partial charge in [-0.15, -0.1) is 23.1 Å². The Morgan fingerprint density at radius 2 is 1.83 bits per heavy atom. The minimum atomic E-state index is 1.04. The van der Waals surface area contributed by atoms with Gasteiger partial charge >= 0.3 is 0 Å². The molecular weight excluding hydrogens is 324 g/mol. The molecule has 0 saturated carbocycles. The van der Waals surface area contributed by atoms with Crippen LogP contribution in [0.25, 0.3) is 10.8 Å². The highest BCUT2D eigenvalue weighted by Gasteiger charge is 2.00. The van der Waals surface area contributed by atoms with Crippen LogP contribution in [0.2, 0.25) is 0 Å². The molecule has 0 N–H and O–H groups in total. The van der Waals surface area contributed by atoms with Crippen molar-refractivity contribution in [3.8, 4) is 0 Å². The van der Waals surface area contributed by atoms with Crippen molar-refractivity contribution in [2.45, 2.75) is 10.6 Å². The summed E-state index contributed by atoms with van der Waals surface area (Å²) in [7, 11) is 0. The van der Waals surface area contributed by atoms with Crippen molar-refractivity contribution in [1.29, 1.82) is 0 Å². The van der Waals surface area contributed by atoms with Crippen LogP contribution in [0.4, 0.5) is 0 Å². The predicted molar refractivity (Wildman–Crippen MR) is 85.5 cm³/mol. The predicted octanol–water partition coefficient (Wildman–Crippen LogP) is 5.96. The van der Waals surface area contributed by atoms with Crippen LogP contribution in [0, 0.1) is 0 Å². The summed E-state index contributed by atoms with van der Waals surface area (Å²) >= 11 is 7.19. The monoisotopic (exact) mass is 334 g/mol. The molecule has 0 nitrogen and oxygen atoms in total. The molecule has 0 amide bonds. The first-order chi connectivity index (χ1) is 8.81. The second-order valence-corrected chi connectivity index (χ2v) is 6.99. The first-order valence-electron chi connectivity index (χ1n) is 5.66. The van der Waals surface area contributed by atoms with Gasteiger partial charge in [-0.2, -0.15) is 0 Å². The van der Waals surface area contributed by atoms with Gasteiger partial charge in [0.2, 0.25) is 0 Å². The minimum absolute atomic E-state index is 1.04. The van der Waals surface area contributed by atoms with Gasteiger partial charge in [0.25, 0.3) is 0 Å². The highest BCUT2D eigenvalue weighted by atomic mass is 79.9. The Balaban J connectivity index is 1.78. The van der Waals surface area contributed by atoms with Crippen LogP contribution in [0.3, 0.4) is 0 Å². The van der Waals surface area contributed by atoms with Crippen LogP contribution in [0.15, 0.2) is 63.3 Å². The number of hydrogen-bond donors (Lipinski definition) is 0. The van der Waals surface area contributed by atoms with E-state index in [1.165, 1.54) is 25.0 Å². The Hall–Kier alpha value is -0.770. The van der Waals surface area contributed by atoms with Crippen LogP contribution >= 0.6 is 39.0 Å². The summed E-state index contributed by atoms with van der Waals surface area (Å²) in [5.74, 6) is 1.04. The molecule has 0 radical (unpaired) electrons. The van der Waals surface area contributed by atoms with Crippen LogP contribution in [0.1, 0.15) is 4.88 Å². The highest BCUT2D eigenvalue weighted by Crippen LogP contribution is 2.29. The van der Waals surface area contributed by atoms with Gasteiger partial charge in [0.1, 0.15) is 0 Å². The topological polar surface area (TPSA) is 0 Å². The van der Waals surface area contributed by atoms with E-state index in [4.69, 9.17) is 0 Å². The molecule has 0 unspecified atom stereocenters. The summed E-state index contributed by atoms with van der Waals surface area (Å²) in [6, 6.07) is 17.4. The molecule has 2 aromatic carbocycles. The van der Waals surface area contributed by atoms with Crippen molar-refractivity contribution in [2.24, 2.45) is 0 Å². The van der Waals surface area contributed by atoms with E-state index < -0.39 is 0 Å². The van der Waals surface area contributed by atoms with Crippen molar-refractivity contribution in [3.63, 3.8) is 0 Å². The summed E-state index contributed by atoms with van der Waals surface area (Å²) in [6.45, 7) is 0. The van der Waals surface area contributed by atoms with E-state index in [0.717, 1.165) is 5.75 Å². The van der Waals surface area contributed by atoms with E-state index in [1.54, 1.807) is 11.3 Å². The quantitative estimate of drug-likeness (QED) is 0.533. The van der Waals surface area contributed by atoms with Crippen molar-refractivity contribution in [2.75, 3.05) is 0 Å². The molecule has 0 saturated heterocycles. The molecule has 0 spiro atoms. The summed E-state index contributed by atoms with van der Waals surface area (Å²) in [5.41, 5.74) is 0. The van der Waals surface area contributed by atoms with Crippen molar-refractivity contribution in [3.05, 3.63) is 63.3 Å². The minimum Gasteiger partial charge on any atom is -0.147 e. The Labute approximate surface area is 123 Å². The summed E-state index contributed by atoms with van der Waals surface area (Å²) in [5, 5.41) is 4.76. The van der Waals surface area contributed by atoms with Gasteiger partial charge in [0, 0.05) is 25.4 Å². The van der Waals surface area contributed by atoms with Crippen LogP contribution in [0.5, 0.6) is 0 Å². The van der Waals surface area contributed by atoms with E-state index in [2.05, 4.69) is 69.8 Å². The van der Waals surface area contributed by atoms with Gasteiger partial charge in [-0.25, -0.2) is 0 Å². The van der Waals surface area contributed by atoms with E-state index in [9.17, 15) is 0 Å². The van der Waals surface area contributed by atoms with Crippen LogP contribution in [-0.4, -0.2) is 0 Å². The van der Waals surface area contributed by atoms with E-state index in [0.29, 0.717) is 0 Å². The lowest BCUT2D eigenvalue weighted by atomic mass is 10.1. The fourth-order valence-corrected chi connectivity index (χ4v) is 4.29. The Kier molecular flexibility index (Phi) is 3.73. The second kappa shape index (κ2) is 5.47. The molecule has 0 atom stereocenters. The van der Waals surface area contributed by atoms with Gasteiger partial charge in [0.15, 0.2) is 0 Å². The van der Waals surface area contributed by atoms with Gasteiger partial charge in [-0.05, 0) is 44.9 Å². The maximum Gasteiger partial charge on any atom is 0.0326 e. The molecular formula is C15H11BrS2. The summed E-state index contributed by atoms with van der Waals surface area (Å²) in [4.78, 5) is 2.73. The Morgan fingerprint density at radius 3 is 2.61 bits per heavy atom. The molecule has 1 heterocycles. The average Bonchev–Trinajstić information content (AvgIpc) is 2.82. The highest BCUT2D eigenvalue weighted by molar-refractivity contribution is 9.10. The zero-order valence-electron chi connectivity index (χ0n) is 9.60. The molecule has 3 rings (SSSR count). The third kappa shape index (κ3) is 2.79. The maximum atomic E-state index is 3.49. The van der Waals surface area contributed by atoms with Gasteiger partial charge in [-0.1, -0.05) is 30.3 Å². The standard InChI is InChI=1S/C15H11BrS2/c16-13-8-15(17-9-13)10-18-14-6-5-11-3-1-2-4-12(11)7-14/h1-9H,10H2. The molecule has 0 aliphatic carbocycles. The SMILES string of the molecule is Brc1csc(CSc2ccc3ccccc3c2)c1. The second-order valence-electron chi connectivity index (χ2n) is 4.03. The number of rotatable bonds is 3. The number of thioether (sulfide) groups is 1. The maximum absolute atomic E-state index is 3.49. The fourth-order valence-electron chi connectivity index (χ4n) is 1.84. The Bertz CT molecular complexity index is 673. The van der Waals surface area contributed by atoms with E-state index in [1.807, 2.05) is 11.8 Å². The lowest BCUT2D eigenvalue weighted by Crippen LogP contribution is -1.76. The average molecular weight is 335 g/mol. The zero-order chi connectivity index (χ0) is 12.4. The van der Waals surface area contributed by atoms with Crippen molar-refractivity contribution in [1.82, 2.24) is 0 Å². The number of benzene rings is 2. The summed E-state index contributed by atoms with van der Waals surface area (Å²) < 4.78 is 1.18. The van der Waals surface area contributed by atoms with Crippen molar-refractivity contribution < 1.29 is 0 Å². The third-order valence-electron chi connectivity index (χ3n) is 2.72. The van der Waals surface area contributed by atoms with Gasteiger partial charge in [-0.3, -0.25) is 0 Å². The van der Waals surface area contributed by atoms with Crippen molar-refractivity contribution >= 4 is 49.8 Å². The molecule has 0 bridgehead atoms. The molecule has 3 heteroatoms. The van der Waals surface area contributed by atoms with E-state index >= 15 is 0 Å². The number of thiophene rings is 1. The number of fused-ring (bicyclic) bond motifs is 1. The first-order valence-corrected chi connectivity index (χ1v) is 8.31. The lowest BCUT2D eigenvalue weighted by Gasteiger charge is -2.02. The van der Waals surface area contributed by atoms with Gasteiger partial charge < -0.3 is 0 Å². The first kappa shape index (κ1) is 12.3. The van der Waals surface area contributed by atoms with Gasteiger partial charge in [0.05, 0.1) is 0 Å². The molecule has 0 aliphatic rings. The molecule has 1 aromatic heterocycles. The fraction of sp³-hybridized carbons (Fsp3) is 0.0667. The van der Waals surface area contributed by atoms with Crippen LogP contribution in [-0.2, 0) is 5.75 Å². The molecule has 0 aliphatic heterocycles. The normalized spacial score (nSPS) is 10.9. The molecule has 3 aromatic rings. The number of hydrogen-bond acceptors (Lipinski definition) is 2. The number of halogens is 1. The Morgan fingerprint density at radius 1 is 1.00 bits per heavy atom. The van der Waals surface area contributed by atoms with E-state index in [-0.39, 0.29) is 0 Å². The zero-order valence-corrected chi connectivity index (χ0v) is 12.8. The van der Waals surface area contributed by atoms with Crippen LogP contribution < -0.4 is 0 Å². The summed E-state index contributed by atoms with van der Waals surface area (Å²) in [6.07, 6.45) is 0. The lowest BCUT2D eigenvalue weighted by molar-refractivity contribution is 1.46. The molecule has 0 fully saturated rings. The smallest absolute Gasteiger partial charge is 0.0326 e. The molecule has 90 valence electrons. The largest absolute Gasteiger partial charge is 0.147 e. The third-order valence-corrected chi connectivity index (χ3v) is 5.65. The molecule has 18 heavy (non-hydrogen) atoms.